The van der Waals surface area contributed by atoms with E-state index in [0.29, 0.717) is 5.69 Å². The maximum atomic E-state index is 12.6. The Morgan fingerprint density at radius 2 is 1.96 bits per heavy atom. The van der Waals surface area contributed by atoms with Crippen LogP contribution in [0.4, 0.5) is 5.69 Å². The Kier molecular flexibility index (Phi) is 5.61. The SMILES string of the molecule is CCN(CC)S(=O)(=O)c1ccc(OCc2cn3ccccc3n2)c([N+](=O)[O-])c1. The van der Waals surface area contributed by atoms with E-state index in [9.17, 15) is 18.5 Å². The number of hydrogen-bond donors (Lipinski definition) is 0. The fourth-order valence-corrected chi connectivity index (χ4v) is 4.32. The normalized spacial score (nSPS) is 11.8. The number of benzene rings is 1. The first kappa shape index (κ1) is 19.8. The number of aromatic nitrogens is 2. The molecular formula is C18H20N4O5S. The van der Waals surface area contributed by atoms with Crippen molar-refractivity contribution in [2.24, 2.45) is 0 Å². The molecule has 0 fully saturated rings. The number of rotatable bonds is 8. The lowest BCUT2D eigenvalue weighted by atomic mass is 10.3. The summed E-state index contributed by atoms with van der Waals surface area (Å²) < 4.78 is 33.8. The minimum absolute atomic E-state index is 0.0134. The summed E-state index contributed by atoms with van der Waals surface area (Å²) in [5, 5.41) is 11.5. The zero-order valence-electron chi connectivity index (χ0n) is 15.5. The second-order valence-corrected chi connectivity index (χ2v) is 7.90. The highest BCUT2D eigenvalue weighted by atomic mass is 32.2. The molecule has 0 amide bonds. The first-order chi connectivity index (χ1) is 13.4. The molecule has 0 aliphatic rings. The van der Waals surface area contributed by atoms with Crippen molar-refractivity contribution in [1.29, 1.82) is 0 Å². The molecule has 0 N–H and O–H groups in total. The van der Waals surface area contributed by atoms with Gasteiger partial charge in [0.25, 0.3) is 0 Å². The molecule has 0 spiro atoms. The van der Waals surface area contributed by atoms with E-state index in [2.05, 4.69) is 4.98 Å². The van der Waals surface area contributed by atoms with Crippen LogP contribution in [0.3, 0.4) is 0 Å². The average Bonchev–Trinajstić information content (AvgIpc) is 3.09. The number of nitrogens with zero attached hydrogens (tertiary/aromatic N) is 4. The van der Waals surface area contributed by atoms with Crippen LogP contribution in [0, 0.1) is 10.1 Å². The summed E-state index contributed by atoms with van der Waals surface area (Å²) in [6.45, 7) is 3.99. The highest BCUT2D eigenvalue weighted by Crippen LogP contribution is 2.31. The van der Waals surface area contributed by atoms with Gasteiger partial charge in [0.1, 0.15) is 12.3 Å². The molecule has 148 valence electrons. The minimum Gasteiger partial charge on any atom is -0.480 e. The average molecular weight is 404 g/mol. The Morgan fingerprint density at radius 1 is 1.21 bits per heavy atom. The molecule has 0 radical (unpaired) electrons. The molecule has 3 aromatic rings. The van der Waals surface area contributed by atoms with E-state index in [1.54, 1.807) is 20.0 Å². The second-order valence-electron chi connectivity index (χ2n) is 5.96. The van der Waals surface area contributed by atoms with Crippen molar-refractivity contribution in [1.82, 2.24) is 13.7 Å². The van der Waals surface area contributed by atoms with E-state index < -0.39 is 20.6 Å². The number of nitro benzene ring substituents is 1. The first-order valence-electron chi connectivity index (χ1n) is 8.70. The van der Waals surface area contributed by atoms with Crippen molar-refractivity contribution in [3.05, 3.63) is 64.6 Å². The Labute approximate surface area is 162 Å². The Bertz CT molecular complexity index is 1070. The van der Waals surface area contributed by atoms with E-state index in [1.807, 2.05) is 28.8 Å². The van der Waals surface area contributed by atoms with Crippen LogP contribution in [0.25, 0.3) is 5.65 Å². The van der Waals surface area contributed by atoms with Crippen LogP contribution in [0.2, 0.25) is 0 Å². The van der Waals surface area contributed by atoms with Gasteiger partial charge in [0.15, 0.2) is 5.75 Å². The largest absolute Gasteiger partial charge is 0.480 e. The van der Waals surface area contributed by atoms with E-state index >= 15 is 0 Å². The number of nitro groups is 1. The molecule has 0 bridgehead atoms. The van der Waals surface area contributed by atoms with Crippen LogP contribution in [-0.4, -0.2) is 40.1 Å². The van der Waals surface area contributed by atoms with Gasteiger partial charge in [0.2, 0.25) is 10.0 Å². The molecule has 0 aliphatic heterocycles. The van der Waals surface area contributed by atoms with Gasteiger partial charge in [0, 0.05) is 31.5 Å². The van der Waals surface area contributed by atoms with Crippen LogP contribution >= 0.6 is 0 Å². The summed E-state index contributed by atoms with van der Waals surface area (Å²) in [7, 11) is -3.80. The van der Waals surface area contributed by atoms with Gasteiger partial charge in [0.05, 0.1) is 15.5 Å². The van der Waals surface area contributed by atoms with Gasteiger partial charge in [-0.2, -0.15) is 4.31 Å². The lowest BCUT2D eigenvalue weighted by molar-refractivity contribution is -0.386. The van der Waals surface area contributed by atoms with Gasteiger partial charge in [-0.05, 0) is 24.3 Å². The molecule has 0 saturated carbocycles. The molecule has 9 nitrogen and oxygen atoms in total. The lowest BCUT2D eigenvalue weighted by Gasteiger charge is -2.18. The van der Waals surface area contributed by atoms with Crippen molar-refractivity contribution >= 4 is 21.4 Å². The molecule has 2 heterocycles. The minimum atomic E-state index is -3.80. The van der Waals surface area contributed by atoms with E-state index in [1.165, 1.54) is 16.4 Å². The standard InChI is InChI=1S/C18H20N4O5S/c1-3-21(4-2)28(25,26)15-8-9-17(16(11-15)22(23)24)27-13-14-12-20-10-6-5-7-18(20)19-14/h5-12H,3-4,13H2,1-2H3. The number of imidazole rings is 1. The van der Waals surface area contributed by atoms with Crippen LogP contribution in [0.5, 0.6) is 5.75 Å². The van der Waals surface area contributed by atoms with Gasteiger partial charge < -0.3 is 9.14 Å². The van der Waals surface area contributed by atoms with Crippen molar-refractivity contribution in [3.63, 3.8) is 0 Å². The van der Waals surface area contributed by atoms with Crippen molar-refractivity contribution in [2.75, 3.05) is 13.1 Å². The van der Waals surface area contributed by atoms with E-state index in [0.717, 1.165) is 11.7 Å². The summed E-state index contributed by atoms with van der Waals surface area (Å²) in [6, 6.07) is 9.21. The third kappa shape index (κ3) is 3.82. The van der Waals surface area contributed by atoms with Crippen molar-refractivity contribution in [2.45, 2.75) is 25.3 Å². The molecule has 0 unspecified atom stereocenters. The van der Waals surface area contributed by atoms with Crippen LogP contribution in [0.15, 0.2) is 53.7 Å². The smallest absolute Gasteiger partial charge is 0.312 e. The fourth-order valence-electron chi connectivity index (χ4n) is 2.84. The highest BCUT2D eigenvalue weighted by Gasteiger charge is 2.26. The molecule has 2 aromatic heterocycles. The summed E-state index contributed by atoms with van der Waals surface area (Å²) in [5.41, 5.74) is 0.925. The first-order valence-corrected chi connectivity index (χ1v) is 10.1. The number of sulfonamides is 1. The predicted octanol–water partition coefficient (Wildman–Crippen LogP) is 2.85. The van der Waals surface area contributed by atoms with Gasteiger partial charge in [-0.3, -0.25) is 10.1 Å². The zero-order chi connectivity index (χ0) is 20.3. The Hall–Kier alpha value is -2.98. The van der Waals surface area contributed by atoms with Crippen LogP contribution in [-0.2, 0) is 16.6 Å². The van der Waals surface area contributed by atoms with Crippen LogP contribution < -0.4 is 4.74 Å². The van der Waals surface area contributed by atoms with Crippen molar-refractivity contribution in [3.8, 4) is 5.75 Å². The quantitative estimate of drug-likeness (QED) is 0.422. The zero-order valence-corrected chi connectivity index (χ0v) is 16.3. The predicted molar refractivity (Wildman–Crippen MR) is 103 cm³/mol. The summed E-state index contributed by atoms with van der Waals surface area (Å²) in [6.07, 6.45) is 3.60. The Balaban J connectivity index is 1.88. The molecule has 0 aliphatic carbocycles. The maximum Gasteiger partial charge on any atom is 0.312 e. The third-order valence-corrected chi connectivity index (χ3v) is 6.31. The van der Waals surface area contributed by atoms with Gasteiger partial charge >= 0.3 is 5.69 Å². The number of pyridine rings is 1. The molecular weight excluding hydrogens is 384 g/mol. The summed E-state index contributed by atoms with van der Waals surface area (Å²) in [5.74, 6) is -0.0134. The maximum absolute atomic E-state index is 12.6. The Morgan fingerprint density at radius 3 is 2.61 bits per heavy atom. The van der Waals surface area contributed by atoms with Gasteiger partial charge in [-0.15, -0.1) is 0 Å². The number of fused-ring (bicyclic) bond motifs is 1. The van der Waals surface area contributed by atoms with Gasteiger partial charge in [-0.25, -0.2) is 13.4 Å². The number of ether oxygens (including phenoxy) is 1. The molecule has 3 rings (SSSR count). The summed E-state index contributed by atoms with van der Waals surface area (Å²) >= 11 is 0. The highest BCUT2D eigenvalue weighted by molar-refractivity contribution is 7.89. The summed E-state index contributed by atoms with van der Waals surface area (Å²) in [4.78, 5) is 15.0. The molecule has 10 heteroatoms. The second kappa shape index (κ2) is 7.95. The molecule has 28 heavy (non-hydrogen) atoms. The van der Waals surface area contributed by atoms with Crippen molar-refractivity contribution < 1.29 is 18.1 Å². The monoisotopic (exact) mass is 404 g/mol. The van der Waals surface area contributed by atoms with E-state index in [-0.39, 0.29) is 30.3 Å². The molecule has 1 aromatic carbocycles. The molecule has 0 saturated heterocycles. The van der Waals surface area contributed by atoms with Crippen LogP contribution in [0.1, 0.15) is 19.5 Å². The lowest BCUT2D eigenvalue weighted by Crippen LogP contribution is -2.30. The third-order valence-electron chi connectivity index (χ3n) is 4.26. The van der Waals surface area contributed by atoms with E-state index in [4.69, 9.17) is 4.74 Å². The molecule has 0 atom stereocenters. The topological polar surface area (TPSA) is 107 Å². The number of hydrogen-bond acceptors (Lipinski definition) is 6. The van der Waals surface area contributed by atoms with Gasteiger partial charge in [-0.1, -0.05) is 19.9 Å². The fraction of sp³-hybridized carbons (Fsp3) is 0.278.